The Hall–Kier alpha value is -1.00. The van der Waals surface area contributed by atoms with Crippen LogP contribution in [-0.4, -0.2) is 69.8 Å². The van der Waals surface area contributed by atoms with Crippen LogP contribution in [0.15, 0.2) is 0 Å². The number of aliphatic hydroxyl groups is 1. The van der Waals surface area contributed by atoms with Crippen molar-refractivity contribution in [2.45, 2.75) is 76.8 Å². The van der Waals surface area contributed by atoms with Gasteiger partial charge in [-0.2, -0.15) is 0 Å². The largest absolute Gasteiger partial charge is 0.460 e. The molecule has 1 unspecified atom stereocenters. The van der Waals surface area contributed by atoms with Gasteiger partial charge in [0.15, 0.2) is 20.5 Å². The van der Waals surface area contributed by atoms with Gasteiger partial charge in [0.25, 0.3) is 0 Å². The maximum Gasteiger partial charge on any atom is 0.303 e. The molecular weight excluding hydrogens is 360 g/mol. The topological polar surface area (TPSA) is 101 Å². The molecule has 0 aliphatic carbocycles. The lowest BCUT2D eigenvalue weighted by Crippen LogP contribution is -2.49. The van der Waals surface area contributed by atoms with Crippen LogP contribution in [0.4, 0.5) is 0 Å². The van der Waals surface area contributed by atoms with E-state index in [1.54, 1.807) is 0 Å². The van der Waals surface area contributed by atoms with Crippen LogP contribution in [0.25, 0.3) is 0 Å². The van der Waals surface area contributed by atoms with Gasteiger partial charge in [-0.05, 0) is 18.1 Å². The average molecular weight is 393 g/mol. The highest BCUT2D eigenvalue weighted by molar-refractivity contribution is 6.74. The summed E-state index contributed by atoms with van der Waals surface area (Å²) in [4.78, 5) is 22.6. The summed E-state index contributed by atoms with van der Waals surface area (Å²) < 4.78 is 27.5. The number of ether oxygens (including phenoxy) is 4. The van der Waals surface area contributed by atoms with Gasteiger partial charge < -0.3 is 28.5 Å². The molecule has 1 saturated heterocycles. The molecule has 152 valence electrons. The van der Waals surface area contributed by atoms with E-state index in [9.17, 15) is 14.7 Å². The van der Waals surface area contributed by atoms with Gasteiger partial charge in [0, 0.05) is 21.0 Å². The van der Waals surface area contributed by atoms with E-state index in [4.69, 9.17) is 23.4 Å². The van der Waals surface area contributed by atoms with Crippen LogP contribution in [0, 0.1) is 0 Å². The minimum atomic E-state index is -2.09. The maximum atomic E-state index is 11.5. The first kappa shape index (κ1) is 23.0. The Labute approximate surface area is 156 Å². The normalized spacial score (nSPS) is 29.5. The molecule has 0 aromatic carbocycles. The second-order valence-electron chi connectivity index (χ2n) is 8.04. The molecule has 0 radical (unpaired) electrons. The van der Waals surface area contributed by atoms with Crippen molar-refractivity contribution >= 4 is 20.3 Å². The summed E-state index contributed by atoms with van der Waals surface area (Å²) >= 11 is 0. The van der Waals surface area contributed by atoms with Crippen LogP contribution in [-0.2, 0) is 33.0 Å². The fourth-order valence-electron chi connectivity index (χ4n) is 2.36. The predicted octanol–water partition coefficient (Wildman–Crippen LogP) is 1.61. The molecule has 0 amide bonds. The highest BCUT2D eigenvalue weighted by Gasteiger charge is 2.58. The number of aliphatic hydroxyl groups excluding tert-OH is 1. The van der Waals surface area contributed by atoms with E-state index < -0.39 is 44.4 Å². The van der Waals surface area contributed by atoms with Crippen LogP contribution >= 0.6 is 0 Å². The van der Waals surface area contributed by atoms with Crippen LogP contribution in [0.3, 0.4) is 0 Å². The van der Waals surface area contributed by atoms with Gasteiger partial charge in [-0.25, -0.2) is 0 Å². The maximum absolute atomic E-state index is 11.5. The van der Waals surface area contributed by atoms with Crippen molar-refractivity contribution < 1.29 is 38.1 Å². The lowest BCUT2D eigenvalue weighted by molar-refractivity contribution is -0.266. The molecule has 4 atom stereocenters. The summed E-state index contributed by atoms with van der Waals surface area (Å²) in [5.41, 5.74) is 0. The first-order valence-electron chi connectivity index (χ1n) is 8.61. The number of rotatable bonds is 7. The second-order valence-corrected chi connectivity index (χ2v) is 12.9. The highest BCUT2D eigenvalue weighted by atomic mass is 28.4. The summed E-state index contributed by atoms with van der Waals surface area (Å²) in [5.74, 6) is -2.72. The molecule has 9 heteroatoms. The van der Waals surface area contributed by atoms with Crippen LogP contribution in [0.1, 0.15) is 34.6 Å². The van der Waals surface area contributed by atoms with E-state index in [1.807, 2.05) is 0 Å². The van der Waals surface area contributed by atoms with Crippen molar-refractivity contribution in [1.82, 2.24) is 0 Å². The number of hydrogen-bond donors (Lipinski definition) is 1. The monoisotopic (exact) mass is 392 g/mol. The van der Waals surface area contributed by atoms with Crippen molar-refractivity contribution in [3.05, 3.63) is 0 Å². The smallest absolute Gasteiger partial charge is 0.303 e. The first-order valence-corrected chi connectivity index (χ1v) is 11.5. The lowest BCUT2D eigenvalue weighted by atomic mass is 10.1. The zero-order valence-corrected chi connectivity index (χ0v) is 18.0. The molecule has 0 saturated carbocycles. The summed E-state index contributed by atoms with van der Waals surface area (Å²) in [6.07, 6.45) is -3.07. The van der Waals surface area contributed by atoms with Gasteiger partial charge in [0.2, 0.25) is 5.79 Å². The van der Waals surface area contributed by atoms with E-state index >= 15 is 0 Å². The molecule has 1 aliphatic rings. The van der Waals surface area contributed by atoms with E-state index in [-0.39, 0.29) is 18.3 Å². The molecule has 1 fully saturated rings. The Balaban J connectivity index is 3.00. The molecule has 0 spiro atoms. The molecule has 0 bridgehead atoms. The molecule has 0 aromatic heterocycles. The number of carbonyl (C=O) groups is 2. The van der Waals surface area contributed by atoms with E-state index in [2.05, 4.69) is 33.9 Å². The number of methoxy groups -OCH3 is 1. The third-order valence-electron chi connectivity index (χ3n) is 5.02. The fourth-order valence-corrected chi connectivity index (χ4v) is 3.38. The Morgan fingerprint density at radius 2 is 1.77 bits per heavy atom. The van der Waals surface area contributed by atoms with Gasteiger partial charge >= 0.3 is 11.9 Å². The van der Waals surface area contributed by atoms with Gasteiger partial charge in [0.05, 0.1) is 6.61 Å². The molecule has 8 nitrogen and oxygen atoms in total. The SMILES string of the molecule is COC1(COC(C)=O)O[C@H](CO[Si](C)(C)C(C)(C)C)[C@@H](OC(C)=O)[C@@H]1O. The van der Waals surface area contributed by atoms with Gasteiger partial charge in [0.1, 0.15) is 12.7 Å². The van der Waals surface area contributed by atoms with Crippen LogP contribution < -0.4 is 0 Å². The minimum Gasteiger partial charge on any atom is -0.460 e. The Morgan fingerprint density at radius 3 is 2.19 bits per heavy atom. The fraction of sp³-hybridized carbons (Fsp3) is 0.882. The third-order valence-corrected chi connectivity index (χ3v) is 9.52. The Bertz CT molecular complexity index is 515. The molecule has 26 heavy (non-hydrogen) atoms. The second kappa shape index (κ2) is 8.35. The zero-order valence-electron chi connectivity index (χ0n) is 17.0. The molecule has 1 heterocycles. The minimum absolute atomic E-state index is 0.0166. The highest BCUT2D eigenvalue weighted by Crippen LogP contribution is 2.39. The van der Waals surface area contributed by atoms with Crippen molar-refractivity contribution in [3.63, 3.8) is 0 Å². The van der Waals surface area contributed by atoms with E-state index in [0.29, 0.717) is 0 Å². The predicted molar refractivity (Wildman–Crippen MR) is 96.0 cm³/mol. The molecule has 1 N–H and O–H groups in total. The Morgan fingerprint density at radius 1 is 1.19 bits per heavy atom. The van der Waals surface area contributed by atoms with E-state index in [0.717, 1.165) is 0 Å². The summed E-state index contributed by atoms with van der Waals surface area (Å²) in [6.45, 7) is 12.8. The molecule has 1 aliphatic heterocycles. The zero-order chi connectivity index (χ0) is 20.3. The third kappa shape index (κ3) is 5.26. The summed E-state index contributed by atoms with van der Waals surface area (Å²) in [6, 6.07) is 0. The van der Waals surface area contributed by atoms with E-state index in [1.165, 1.54) is 21.0 Å². The molecule has 0 aromatic rings. The Kier molecular flexibility index (Phi) is 7.39. The van der Waals surface area contributed by atoms with Gasteiger partial charge in [-0.15, -0.1) is 0 Å². The summed E-state index contributed by atoms with van der Waals surface area (Å²) in [5, 5.41) is 10.6. The summed E-state index contributed by atoms with van der Waals surface area (Å²) in [7, 11) is -0.757. The van der Waals surface area contributed by atoms with Crippen molar-refractivity contribution in [3.8, 4) is 0 Å². The number of carbonyl (C=O) groups excluding carboxylic acids is 2. The average Bonchev–Trinajstić information content (AvgIpc) is 2.75. The van der Waals surface area contributed by atoms with Crippen molar-refractivity contribution in [2.75, 3.05) is 20.3 Å². The van der Waals surface area contributed by atoms with Crippen LogP contribution in [0.2, 0.25) is 18.1 Å². The quantitative estimate of drug-likeness (QED) is 0.515. The van der Waals surface area contributed by atoms with Crippen molar-refractivity contribution in [1.29, 1.82) is 0 Å². The number of esters is 2. The molecular formula is C17H32O8Si. The lowest BCUT2D eigenvalue weighted by Gasteiger charge is -2.37. The number of hydrogen-bond acceptors (Lipinski definition) is 8. The standard InChI is InChI=1S/C17H32O8Si/c1-11(18)22-10-17(21-6)15(20)14(24-12(2)19)13(25-17)9-23-26(7,8)16(3,4)5/h13-15,20H,9-10H2,1-8H3/t13-,14-,15+,17?/m1/s1. The van der Waals surface area contributed by atoms with Gasteiger partial charge in [-0.1, -0.05) is 20.8 Å². The van der Waals surface area contributed by atoms with Gasteiger partial charge in [-0.3, -0.25) is 9.59 Å². The van der Waals surface area contributed by atoms with Crippen LogP contribution in [0.5, 0.6) is 0 Å². The molecule has 1 rings (SSSR count). The first-order chi connectivity index (χ1) is 11.8. The van der Waals surface area contributed by atoms with Crippen molar-refractivity contribution in [2.24, 2.45) is 0 Å².